The van der Waals surface area contributed by atoms with Gasteiger partial charge in [-0.2, -0.15) is 0 Å². The Morgan fingerprint density at radius 1 is 0.322 bits per heavy atom. The summed E-state index contributed by atoms with van der Waals surface area (Å²) in [4.78, 5) is 84.3. The molecule has 718 valence electrons. The lowest BCUT2D eigenvalue weighted by molar-refractivity contribution is 0.0659. The summed E-state index contributed by atoms with van der Waals surface area (Å²) in [6, 6.07) is 81.3. The fraction of sp³-hybridized carbons (Fsp3) is 0.175. The van der Waals surface area contributed by atoms with Crippen LogP contribution < -0.4 is 45.9 Å². The van der Waals surface area contributed by atoms with Crippen molar-refractivity contribution < 1.29 is 68.1 Å². The van der Waals surface area contributed by atoms with E-state index in [9.17, 15) is 59.5 Å². The largest absolute Gasteiger partial charge is 0.482 e. The Labute approximate surface area is 824 Å². The van der Waals surface area contributed by atoms with Crippen molar-refractivity contribution in [3.05, 3.63) is 521 Å². The minimum absolute atomic E-state index is 0.0281. The van der Waals surface area contributed by atoms with Gasteiger partial charge < -0.3 is 34.3 Å². The molecule has 0 radical (unpaired) electrons. The van der Waals surface area contributed by atoms with Gasteiger partial charge in [-0.25, -0.2) is 39.5 Å². The van der Waals surface area contributed by atoms with Gasteiger partial charge in [0.15, 0.2) is 69.2 Å². The number of aromatic nitrogens is 3. The van der Waals surface area contributed by atoms with Gasteiger partial charge >= 0.3 is 0 Å². The number of pyridine rings is 3. The third-order valence-corrected chi connectivity index (χ3v) is 29.4. The maximum atomic E-state index is 15.1. The highest BCUT2D eigenvalue weighted by molar-refractivity contribution is 6.38. The van der Waals surface area contributed by atoms with Crippen molar-refractivity contribution in [1.82, 2.24) is 28.7 Å². The molecule has 3 aliphatic heterocycles. The van der Waals surface area contributed by atoms with Gasteiger partial charge in [0.1, 0.15) is 73.2 Å². The average molecular weight is 1970 g/mol. The quantitative estimate of drug-likeness (QED) is 0.0566. The van der Waals surface area contributed by atoms with Crippen molar-refractivity contribution in [3.8, 4) is 17.2 Å². The normalized spacial score (nSPS) is 18.4. The molecule has 24 rings (SSSR count). The minimum atomic E-state index is -1.12. The fourth-order valence-corrected chi connectivity index (χ4v) is 22.2. The smallest absolute Gasteiger partial charge is 0.277 e. The predicted molar refractivity (Wildman–Crippen MR) is 524 cm³/mol. The first-order valence-corrected chi connectivity index (χ1v) is 47.2. The van der Waals surface area contributed by atoms with Crippen molar-refractivity contribution in [2.24, 2.45) is 0 Å². The molecule has 15 aromatic rings. The number of ether oxygens (including phenoxy) is 3. The van der Waals surface area contributed by atoms with Crippen LogP contribution >= 0.6 is 23.2 Å². The lowest BCUT2D eigenvalue weighted by Gasteiger charge is -2.49. The zero-order valence-electron chi connectivity index (χ0n) is 76.3. The van der Waals surface area contributed by atoms with Gasteiger partial charge in [0.2, 0.25) is 16.3 Å². The van der Waals surface area contributed by atoms with Crippen molar-refractivity contribution in [1.29, 1.82) is 0 Å². The van der Waals surface area contributed by atoms with Crippen LogP contribution in [-0.2, 0) is 80.7 Å². The number of halogens is 11. The summed E-state index contributed by atoms with van der Waals surface area (Å²) in [5, 5.41) is 3.90. The second-order valence-corrected chi connectivity index (χ2v) is 37.7. The molecular weight excluding hydrogens is 1880 g/mol. The topological polar surface area (TPSA) is 173 Å². The van der Waals surface area contributed by atoms with E-state index in [-0.39, 0.29) is 109 Å². The molecule has 1 N–H and O–H groups in total. The monoisotopic (exact) mass is 1970 g/mol. The summed E-state index contributed by atoms with van der Waals surface area (Å²) < 4.78 is 150. The molecular formula is C114H86Cl2F9N9O9. The van der Waals surface area contributed by atoms with Crippen LogP contribution in [0.1, 0.15) is 132 Å². The summed E-state index contributed by atoms with van der Waals surface area (Å²) in [7, 11) is 0. The lowest BCUT2D eigenvalue weighted by atomic mass is 9.83. The van der Waals surface area contributed by atoms with Crippen LogP contribution in [0.2, 0.25) is 0 Å². The van der Waals surface area contributed by atoms with E-state index in [1.807, 2.05) is 186 Å². The molecule has 0 bridgehead atoms. The Balaban J connectivity index is 0.000000118. The number of hydrogen-bond donors (Lipinski definition) is 1. The Kier molecular flexibility index (Phi) is 24.8. The first-order chi connectivity index (χ1) is 69.2. The van der Waals surface area contributed by atoms with Gasteiger partial charge in [0.25, 0.3) is 17.7 Å². The number of amides is 3. The van der Waals surface area contributed by atoms with E-state index in [1.54, 1.807) is 72.8 Å². The van der Waals surface area contributed by atoms with Crippen LogP contribution in [0.5, 0.6) is 17.2 Å². The Morgan fingerprint density at radius 2 is 0.699 bits per heavy atom. The van der Waals surface area contributed by atoms with Crippen LogP contribution in [0.25, 0.3) is 12.2 Å². The lowest BCUT2D eigenvalue weighted by Crippen LogP contribution is -2.62. The third kappa shape index (κ3) is 16.8. The number of hydrogen-bond acceptors (Lipinski definition) is 12. The van der Waals surface area contributed by atoms with E-state index in [1.165, 1.54) is 102 Å². The summed E-state index contributed by atoms with van der Waals surface area (Å²) in [6.07, 6.45) is 11.9. The molecule has 0 spiro atoms. The number of carbonyl (C=O) groups is 3. The zero-order chi connectivity index (χ0) is 98.9. The van der Waals surface area contributed by atoms with Crippen molar-refractivity contribution >= 4 is 53.1 Å². The summed E-state index contributed by atoms with van der Waals surface area (Å²) >= 11 is 13.6. The first-order valence-electron chi connectivity index (χ1n) is 46.5. The van der Waals surface area contributed by atoms with Gasteiger partial charge in [-0.15, -0.1) is 23.2 Å². The van der Waals surface area contributed by atoms with E-state index in [4.69, 9.17) is 37.4 Å². The Bertz CT molecular complexity index is 7680. The minimum Gasteiger partial charge on any atom is -0.482 e. The van der Waals surface area contributed by atoms with Crippen molar-refractivity contribution in [3.63, 3.8) is 0 Å². The number of benzene rings is 12. The molecule has 3 aromatic heterocycles. The molecule has 6 aliphatic carbocycles. The van der Waals surface area contributed by atoms with Crippen LogP contribution in [0.15, 0.2) is 335 Å². The molecule has 4 unspecified atom stereocenters. The molecule has 18 nitrogen and oxygen atoms in total. The number of fused-ring (bicyclic) bond motifs is 18. The standard InChI is InChI=1S/2C38H28F3N3O3.C22H20FN3O3.C16H10Cl2F2/c2*39-29-12-10-24(11-13-29)14-16-42-23-44(43-17-15-34(45)36(35(43)37(42)46)47-22-25-6-2-1-3-7-25)38-28(18-26-8-4-5-9-30(26)38)19-27-20-32(40)33(41)21-31(27)38;23-18-8-6-16(7-9-18)10-12-25-15-24-26-13-11-19(27)21(20(26)22(25)28)29-14-17-4-2-1-3-5-17;17-15-7-9-3-1-2-4-11(9)16(15,18)12-6-14(20)13(19)5-10(12)8-15/h1-13,15,17,19-21H,14,16,18,22-23H2;1-13,15,17-18,20-21H,14,16,19,22-23H2;1-9,11,13,24H,10,12,14-15H2;1-6H,7-8H2. The molecule has 29 heteroatoms. The summed E-state index contributed by atoms with van der Waals surface area (Å²) in [5.74, 6) is -7.85. The summed E-state index contributed by atoms with van der Waals surface area (Å²) in [5.41, 5.74) is 16.0. The number of rotatable bonds is 20. The Hall–Kier alpha value is -15.9. The maximum Gasteiger partial charge on any atom is 0.277 e. The van der Waals surface area contributed by atoms with E-state index in [0.29, 0.717) is 91.5 Å². The van der Waals surface area contributed by atoms with E-state index < -0.39 is 78.4 Å². The molecule has 0 saturated heterocycles. The molecule has 6 heterocycles. The van der Waals surface area contributed by atoms with Crippen molar-refractivity contribution in [2.75, 3.05) is 55.1 Å². The predicted octanol–water partition coefficient (Wildman–Crippen LogP) is 20.0. The highest BCUT2D eigenvalue weighted by atomic mass is 35.5. The number of carbonyl (C=O) groups excluding carboxylic acids is 3. The molecule has 12 aromatic carbocycles. The van der Waals surface area contributed by atoms with Gasteiger partial charge in [-0.05, 0) is 229 Å². The van der Waals surface area contributed by atoms with E-state index in [2.05, 4.69) is 5.43 Å². The fourth-order valence-electron chi connectivity index (χ4n) is 21.2. The van der Waals surface area contributed by atoms with Gasteiger partial charge in [0, 0.05) is 56.4 Å². The number of alkyl halides is 2. The average Bonchev–Trinajstić information content (AvgIpc) is 1.54. The number of nitrogens with one attached hydrogen (secondary N) is 1. The summed E-state index contributed by atoms with van der Waals surface area (Å²) in [6.45, 7) is 1.62. The van der Waals surface area contributed by atoms with Gasteiger partial charge in [0.05, 0.1) is 4.87 Å². The SMILES string of the molecule is Fc1cc2c(cc1F)C1(Cl)c3ccccc3CC1(Cl)C2.O=C1c2c(OCc3ccccc3)c(=O)ccn2N(C23C(=Cc4cc(F)c(F)cc42)Cc2ccccc23)CN1CCc1ccc(F)cc1.O=C1c2c(OCc3ccccc3)c(=O)ccn2N(C23C(=Cc4ccccc42)Cc2cc(F)c(F)cc23)CN1CCc1ccc(F)cc1.O=C1c2c(OCc3ccccc3)c(=O)ccn2NCN1CCc1ccc(F)cc1. The van der Waals surface area contributed by atoms with Crippen molar-refractivity contribution in [2.45, 2.75) is 85.6 Å². The third-order valence-electron chi connectivity index (χ3n) is 28.0. The second kappa shape index (κ2) is 37.9. The molecule has 9 aliphatic rings. The van der Waals surface area contributed by atoms with Gasteiger partial charge in [-0.1, -0.05) is 212 Å². The second-order valence-electron chi connectivity index (χ2n) is 36.4. The van der Waals surface area contributed by atoms with E-state index >= 15 is 8.78 Å². The van der Waals surface area contributed by atoms with Gasteiger partial charge in [-0.3, -0.25) is 52.8 Å². The number of nitrogens with zero attached hydrogens (tertiary/aromatic N) is 8. The van der Waals surface area contributed by atoms with Crippen LogP contribution in [-0.4, -0.2) is 91.0 Å². The maximum absolute atomic E-state index is 15.1. The molecule has 3 amide bonds. The van der Waals surface area contributed by atoms with Crippen LogP contribution in [0, 0.1) is 52.4 Å². The molecule has 0 fully saturated rings. The Morgan fingerprint density at radius 3 is 1.21 bits per heavy atom. The molecule has 0 saturated carbocycles. The highest BCUT2D eigenvalue weighted by Gasteiger charge is 2.63. The molecule has 4 atom stereocenters. The highest BCUT2D eigenvalue weighted by Crippen LogP contribution is 2.64. The van der Waals surface area contributed by atoms with E-state index in [0.717, 1.165) is 77.9 Å². The van der Waals surface area contributed by atoms with Crippen LogP contribution in [0.3, 0.4) is 0 Å². The van der Waals surface area contributed by atoms with Crippen LogP contribution in [0.4, 0.5) is 39.5 Å². The zero-order valence-corrected chi connectivity index (χ0v) is 77.8. The molecule has 143 heavy (non-hydrogen) atoms. The first kappa shape index (κ1) is 93.4.